The summed E-state index contributed by atoms with van der Waals surface area (Å²) in [6.07, 6.45) is 0. The van der Waals surface area contributed by atoms with Gasteiger partial charge in [0.25, 0.3) is 0 Å². The van der Waals surface area contributed by atoms with E-state index in [1.54, 1.807) is 6.92 Å². The molecule has 1 aromatic rings. The molecule has 3 heteroatoms. The van der Waals surface area contributed by atoms with E-state index < -0.39 is 6.04 Å². The van der Waals surface area contributed by atoms with Crippen molar-refractivity contribution >= 4 is 11.6 Å². The third kappa shape index (κ3) is 2.33. The second-order valence-electron chi connectivity index (χ2n) is 3.54. The molecule has 1 atom stereocenters. The van der Waals surface area contributed by atoms with Gasteiger partial charge in [-0.2, -0.15) is 0 Å². The zero-order chi connectivity index (χ0) is 10.7. The number of carbonyl (C=O) groups is 1. The Morgan fingerprint density at radius 1 is 1.36 bits per heavy atom. The molecule has 0 radical (unpaired) electrons. The lowest BCUT2D eigenvalue weighted by atomic mass is 10.1. The van der Waals surface area contributed by atoms with Crippen molar-refractivity contribution in [2.45, 2.75) is 26.8 Å². The highest BCUT2D eigenvalue weighted by atomic mass is 16.2. The standard InChI is InChI=1S/C11H16N2O/c1-7-5-4-6-8(2)10(7)13-11(14)9(3)12/h4-6,9H,12H2,1-3H3,(H,13,14)/t9-/m1/s1. The topological polar surface area (TPSA) is 55.1 Å². The van der Waals surface area contributed by atoms with Gasteiger partial charge in [-0.05, 0) is 31.9 Å². The molecular weight excluding hydrogens is 176 g/mol. The molecule has 1 rings (SSSR count). The molecule has 76 valence electrons. The number of hydrogen-bond donors (Lipinski definition) is 2. The van der Waals surface area contributed by atoms with Crippen molar-refractivity contribution in [2.24, 2.45) is 5.73 Å². The maximum atomic E-state index is 11.4. The van der Waals surface area contributed by atoms with Crippen molar-refractivity contribution in [1.29, 1.82) is 0 Å². The van der Waals surface area contributed by atoms with Crippen molar-refractivity contribution < 1.29 is 4.79 Å². The van der Waals surface area contributed by atoms with Crippen LogP contribution in [0.2, 0.25) is 0 Å². The summed E-state index contributed by atoms with van der Waals surface area (Å²) < 4.78 is 0. The highest BCUT2D eigenvalue weighted by Gasteiger charge is 2.10. The molecule has 3 nitrogen and oxygen atoms in total. The fraction of sp³-hybridized carbons (Fsp3) is 0.364. The van der Waals surface area contributed by atoms with E-state index in [0.717, 1.165) is 16.8 Å². The number of anilines is 1. The zero-order valence-corrected chi connectivity index (χ0v) is 8.79. The van der Waals surface area contributed by atoms with Crippen molar-refractivity contribution in [3.63, 3.8) is 0 Å². The Kier molecular flexibility index (Phi) is 3.25. The van der Waals surface area contributed by atoms with E-state index in [4.69, 9.17) is 5.73 Å². The monoisotopic (exact) mass is 192 g/mol. The molecule has 14 heavy (non-hydrogen) atoms. The van der Waals surface area contributed by atoms with Gasteiger partial charge in [0, 0.05) is 5.69 Å². The molecule has 0 unspecified atom stereocenters. The minimum Gasteiger partial charge on any atom is -0.324 e. The van der Waals surface area contributed by atoms with E-state index in [1.807, 2.05) is 32.0 Å². The van der Waals surface area contributed by atoms with Crippen molar-refractivity contribution in [3.05, 3.63) is 29.3 Å². The second kappa shape index (κ2) is 4.24. The lowest BCUT2D eigenvalue weighted by Crippen LogP contribution is -2.32. The summed E-state index contributed by atoms with van der Waals surface area (Å²) in [5.74, 6) is -0.151. The van der Waals surface area contributed by atoms with Crippen LogP contribution in [0.3, 0.4) is 0 Å². The summed E-state index contributed by atoms with van der Waals surface area (Å²) in [5, 5.41) is 2.81. The molecule has 1 aromatic carbocycles. The predicted molar refractivity (Wildman–Crippen MR) is 58.2 cm³/mol. The van der Waals surface area contributed by atoms with Crippen LogP contribution in [0.5, 0.6) is 0 Å². The maximum absolute atomic E-state index is 11.4. The number of nitrogens with one attached hydrogen (secondary N) is 1. The van der Waals surface area contributed by atoms with Gasteiger partial charge in [-0.1, -0.05) is 18.2 Å². The van der Waals surface area contributed by atoms with E-state index in [0.29, 0.717) is 0 Å². The number of para-hydroxylation sites is 1. The smallest absolute Gasteiger partial charge is 0.241 e. The minimum absolute atomic E-state index is 0.151. The van der Waals surface area contributed by atoms with E-state index in [2.05, 4.69) is 5.32 Å². The Morgan fingerprint density at radius 2 is 1.86 bits per heavy atom. The average molecular weight is 192 g/mol. The molecule has 0 fully saturated rings. The van der Waals surface area contributed by atoms with Gasteiger partial charge in [0.15, 0.2) is 0 Å². The largest absolute Gasteiger partial charge is 0.324 e. The highest BCUT2D eigenvalue weighted by Crippen LogP contribution is 2.19. The summed E-state index contributed by atoms with van der Waals surface area (Å²) in [5.41, 5.74) is 8.45. The van der Waals surface area contributed by atoms with Crippen molar-refractivity contribution in [2.75, 3.05) is 5.32 Å². The minimum atomic E-state index is -0.478. The summed E-state index contributed by atoms with van der Waals surface area (Å²) in [6.45, 7) is 5.59. The Morgan fingerprint density at radius 3 is 2.29 bits per heavy atom. The van der Waals surface area contributed by atoms with Crippen LogP contribution in [0.1, 0.15) is 18.1 Å². The molecule has 0 aliphatic carbocycles. The summed E-state index contributed by atoms with van der Waals surface area (Å²) in [4.78, 5) is 11.4. The van der Waals surface area contributed by atoms with E-state index in [1.165, 1.54) is 0 Å². The van der Waals surface area contributed by atoms with E-state index >= 15 is 0 Å². The van der Waals surface area contributed by atoms with Crippen LogP contribution in [0.15, 0.2) is 18.2 Å². The Labute approximate surface area is 84.3 Å². The third-order valence-corrected chi connectivity index (χ3v) is 2.14. The normalized spacial score (nSPS) is 12.3. The summed E-state index contributed by atoms with van der Waals surface area (Å²) in [6, 6.07) is 5.41. The first kappa shape index (κ1) is 10.7. The van der Waals surface area contributed by atoms with E-state index in [9.17, 15) is 4.79 Å². The number of carbonyl (C=O) groups excluding carboxylic acids is 1. The SMILES string of the molecule is Cc1cccc(C)c1NC(=O)[C@@H](C)N. The van der Waals surface area contributed by atoms with Gasteiger partial charge >= 0.3 is 0 Å². The van der Waals surface area contributed by atoms with Gasteiger partial charge in [-0.3, -0.25) is 4.79 Å². The van der Waals surface area contributed by atoms with Crippen LogP contribution < -0.4 is 11.1 Å². The van der Waals surface area contributed by atoms with Crippen molar-refractivity contribution in [3.8, 4) is 0 Å². The molecule has 0 bridgehead atoms. The van der Waals surface area contributed by atoms with Crippen LogP contribution in [-0.2, 0) is 4.79 Å². The van der Waals surface area contributed by atoms with Gasteiger partial charge in [0.1, 0.15) is 0 Å². The number of amides is 1. The first-order valence-corrected chi connectivity index (χ1v) is 4.65. The first-order valence-electron chi connectivity index (χ1n) is 4.65. The predicted octanol–water partition coefficient (Wildman–Crippen LogP) is 1.59. The Hall–Kier alpha value is -1.35. The van der Waals surface area contributed by atoms with E-state index in [-0.39, 0.29) is 5.91 Å². The van der Waals surface area contributed by atoms with Gasteiger partial charge in [0.05, 0.1) is 6.04 Å². The number of nitrogens with two attached hydrogens (primary N) is 1. The van der Waals surface area contributed by atoms with Gasteiger partial charge in [-0.25, -0.2) is 0 Å². The van der Waals surface area contributed by atoms with Crippen LogP contribution in [0.25, 0.3) is 0 Å². The van der Waals surface area contributed by atoms with Crippen LogP contribution in [-0.4, -0.2) is 11.9 Å². The summed E-state index contributed by atoms with van der Waals surface area (Å²) >= 11 is 0. The molecule has 0 saturated carbocycles. The lowest BCUT2D eigenvalue weighted by molar-refractivity contribution is -0.117. The molecule has 1 amide bonds. The number of rotatable bonds is 2. The Balaban J connectivity index is 2.91. The van der Waals surface area contributed by atoms with Gasteiger partial charge in [-0.15, -0.1) is 0 Å². The Bertz CT molecular complexity index is 325. The third-order valence-electron chi connectivity index (χ3n) is 2.14. The van der Waals surface area contributed by atoms with Crippen LogP contribution >= 0.6 is 0 Å². The molecule has 3 N–H and O–H groups in total. The average Bonchev–Trinajstić information content (AvgIpc) is 2.11. The highest BCUT2D eigenvalue weighted by molar-refractivity contribution is 5.95. The lowest BCUT2D eigenvalue weighted by Gasteiger charge is -2.12. The maximum Gasteiger partial charge on any atom is 0.241 e. The summed E-state index contributed by atoms with van der Waals surface area (Å²) in [7, 11) is 0. The molecule has 0 aliphatic rings. The number of benzene rings is 1. The molecule has 0 spiro atoms. The molecule has 0 saturated heterocycles. The second-order valence-corrected chi connectivity index (χ2v) is 3.54. The fourth-order valence-electron chi connectivity index (χ4n) is 1.25. The van der Waals surface area contributed by atoms with Crippen LogP contribution in [0.4, 0.5) is 5.69 Å². The number of aryl methyl sites for hydroxylation is 2. The molecule has 0 aliphatic heterocycles. The number of hydrogen-bond acceptors (Lipinski definition) is 2. The first-order chi connectivity index (χ1) is 6.52. The van der Waals surface area contributed by atoms with Crippen molar-refractivity contribution in [1.82, 2.24) is 0 Å². The van der Waals surface area contributed by atoms with Gasteiger partial charge < -0.3 is 11.1 Å². The zero-order valence-electron chi connectivity index (χ0n) is 8.79. The molecular formula is C11H16N2O. The quantitative estimate of drug-likeness (QED) is 0.747. The molecule has 0 heterocycles. The van der Waals surface area contributed by atoms with Gasteiger partial charge in [0.2, 0.25) is 5.91 Å². The molecule has 0 aromatic heterocycles. The van der Waals surface area contributed by atoms with Crippen LogP contribution in [0, 0.1) is 13.8 Å². The fourth-order valence-corrected chi connectivity index (χ4v) is 1.25.